The van der Waals surface area contributed by atoms with Crippen LogP contribution in [0.15, 0.2) is 46.3 Å². The number of carbonyl (C=O) groups is 1. The molecule has 0 aromatic heterocycles. The zero-order valence-corrected chi connectivity index (χ0v) is 13.1. The molecule has 0 saturated heterocycles. The van der Waals surface area contributed by atoms with Gasteiger partial charge in [0, 0.05) is 22.8 Å². The van der Waals surface area contributed by atoms with E-state index in [9.17, 15) is 4.79 Å². The van der Waals surface area contributed by atoms with Crippen LogP contribution in [0.2, 0.25) is 5.02 Å². The highest BCUT2D eigenvalue weighted by Gasteiger charge is 2.39. The van der Waals surface area contributed by atoms with E-state index in [0.717, 1.165) is 30.6 Å². The van der Waals surface area contributed by atoms with Crippen molar-refractivity contribution in [3.05, 3.63) is 41.2 Å². The van der Waals surface area contributed by atoms with Crippen molar-refractivity contribution in [2.75, 3.05) is 11.9 Å². The molecule has 2 aliphatic heterocycles. The monoisotopic (exact) mass is 329 g/mol. The normalized spacial score (nSPS) is 25.5. The van der Waals surface area contributed by atoms with Crippen LogP contribution < -0.4 is 10.6 Å². The number of aldehydes is 1. The summed E-state index contributed by atoms with van der Waals surface area (Å²) in [5, 5.41) is 13.4. The van der Waals surface area contributed by atoms with Gasteiger partial charge in [0.05, 0.1) is 12.8 Å². The van der Waals surface area contributed by atoms with Crippen molar-refractivity contribution in [1.29, 1.82) is 0 Å². The molecule has 2 N–H and O–H groups in total. The van der Waals surface area contributed by atoms with Crippen LogP contribution in [0.1, 0.15) is 12.8 Å². The minimum atomic E-state index is -0.940. The van der Waals surface area contributed by atoms with Gasteiger partial charge in [0.1, 0.15) is 11.7 Å². The third-order valence-corrected chi connectivity index (χ3v) is 4.17. The Kier molecular flexibility index (Phi) is 3.34. The molecule has 1 unspecified atom stereocenters. The van der Waals surface area contributed by atoms with E-state index in [-0.39, 0.29) is 0 Å². The maximum atomic E-state index is 11.6. The van der Waals surface area contributed by atoms with Crippen LogP contribution in [0.3, 0.4) is 0 Å². The fraction of sp³-hybridized carbons (Fsp3) is 0.312. The fourth-order valence-corrected chi connectivity index (χ4v) is 2.78. The van der Waals surface area contributed by atoms with Crippen molar-refractivity contribution in [2.45, 2.75) is 24.4 Å². The van der Waals surface area contributed by atoms with Gasteiger partial charge in [-0.25, -0.2) is 10.0 Å². The summed E-state index contributed by atoms with van der Waals surface area (Å²) in [4.78, 5) is 16.1. The van der Waals surface area contributed by atoms with E-state index in [4.69, 9.17) is 11.6 Å². The molecule has 7 heteroatoms. The number of fused-ring (bicyclic) bond motifs is 2. The van der Waals surface area contributed by atoms with Gasteiger partial charge in [-0.1, -0.05) is 17.7 Å². The average Bonchev–Trinajstić information content (AvgIpc) is 3.26. The number of halogens is 1. The minimum absolute atomic E-state index is 0.419. The predicted molar refractivity (Wildman–Crippen MR) is 90.7 cm³/mol. The molecule has 0 spiro atoms. The number of anilines is 1. The number of hydrazone groups is 1. The molecule has 1 aromatic rings. The third kappa shape index (κ3) is 2.94. The highest BCUT2D eigenvalue weighted by molar-refractivity contribution is 6.31. The molecule has 23 heavy (non-hydrogen) atoms. The number of nitrogens with one attached hydrogen (secondary N) is 2. The molecule has 2 bridgehead atoms. The average molecular weight is 330 g/mol. The Balaban J connectivity index is 1.67. The fourth-order valence-electron chi connectivity index (χ4n) is 2.59. The number of aliphatic imine (C=N–C) groups is 1. The van der Waals surface area contributed by atoms with Crippen molar-refractivity contribution in [3.8, 4) is 0 Å². The first kappa shape index (κ1) is 14.3. The summed E-state index contributed by atoms with van der Waals surface area (Å²) in [5.41, 5.74) is -0.117. The molecule has 3 aliphatic rings. The molecule has 6 nitrogen and oxygen atoms in total. The van der Waals surface area contributed by atoms with E-state index in [1.165, 1.54) is 0 Å². The Labute approximate surface area is 138 Å². The standard InChI is InChI=1S/C16H16ClN5O/c17-11-2-1-3-13(6-11)19-14-7-15(20-12-4-5-12)22-9-16(10-23,21-14)8-18-22/h1-3,6-8,10,12,20H,4-5,9H2,(H,19,21). The topological polar surface area (TPSA) is 69.1 Å². The van der Waals surface area contributed by atoms with Crippen LogP contribution in [0.25, 0.3) is 0 Å². The largest absolute Gasteiger partial charge is 0.367 e. The van der Waals surface area contributed by atoms with Crippen molar-refractivity contribution in [2.24, 2.45) is 10.1 Å². The highest BCUT2D eigenvalue weighted by Crippen LogP contribution is 2.27. The Morgan fingerprint density at radius 1 is 1.39 bits per heavy atom. The number of carbonyl (C=O) groups excluding carboxylic acids is 1. The zero-order chi connectivity index (χ0) is 15.9. The van der Waals surface area contributed by atoms with Crippen molar-refractivity contribution in [3.63, 3.8) is 0 Å². The Morgan fingerprint density at radius 2 is 2.26 bits per heavy atom. The predicted octanol–water partition coefficient (Wildman–Crippen LogP) is 2.00. The zero-order valence-electron chi connectivity index (χ0n) is 12.4. The summed E-state index contributed by atoms with van der Waals surface area (Å²) in [5.74, 6) is 1.47. The van der Waals surface area contributed by atoms with Gasteiger partial charge in [-0.15, -0.1) is 0 Å². The van der Waals surface area contributed by atoms with Crippen LogP contribution in [-0.4, -0.2) is 41.5 Å². The lowest BCUT2D eigenvalue weighted by Crippen LogP contribution is -2.37. The summed E-state index contributed by atoms with van der Waals surface area (Å²) < 4.78 is 0. The lowest BCUT2D eigenvalue weighted by Gasteiger charge is -2.20. The van der Waals surface area contributed by atoms with E-state index in [1.807, 2.05) is 30.3 Å². The van der Waals surface area contributed by atoms with Gasteiger partial charge in [0.2, 0.25) is 0 Å². The molecule has 118 valence electrons. The van der Waals surface area contributed by atoms with Gasteiger partial charge in [-0.3, -0.25) is 0 Å². The molecule has 0 radical (unpaired) electrons. The highest BCUT2D eigenvalue weighted by atomic mass is 35.5. The van der Waals surface area contributed by atoms with E-state index in [1.54, 1.807) is 11.2 Å². The van der Waals surface area contributed by atoms with Gasteiger partial charge >= 0.3 is 0 Å². The van der Waals surface area contributed by atoms with E-state index in [2.05, 4.69) is 20.7 Å². The van der Waals surface area contributed by atoms with Gasteiger partial charge in [0.15, 0.2) is 11.8 Å². The minimum Gasteiger partial charge on any atom is -0.367 e. The summed E-state index contributed by atoms with van der Waals surface area (Å²) in [6.45, 7) is 0.419. The quantitative estimate of drug-likeness (QED) is 0.829. The van der Waals surface area contributed by atoms with Crippen molar-refractivity contribution in [1.82, 2.24) is 10.3 Å². The second kappa shape index (κ2) is 5.38. The number of hydrogen-bond donors (Lipinski definition) is 2. The lowest BCUT2D eigenvalue weighted by molar-refractivity contribution is -0.110. The molecular formula is C16H16ClN5O. The number of amidine groups is 1. The summed E-state index contributed by atoms with van der Waals surface area (Å²) in [6.07, 6.45) is 6.64. The summed E-state index contributed by atoms with van der Waals surface area (Å²) in [6, 6.07) is 7.87. The Morgan fingerprint density at radius 3 is 3.00 bits per heavy atom. The molecule has 1 fully saturated rings. The van der Waals surface area contributed by atoms with Crippen LogP contribution in [0.5, 0.6) is 0 Å². The molecule has 0 amide bonds. The first-order valence-corrected chi connectivity index (χ1v) is 7.93. The Hall–Kier alpha value is -2.34. The maximum absolute atomic E-state index is 11.6. The first-order chi connectivity index (χ1) is 11.2. The van der Waals surface area contributed by atoms with Crippen LogP contribution >= 0.6 is 11.6 Å². The second-order valence-corrected chi connectivity index (χ2v) is 6.43. The molecular weight excluding hydrogens is 314 g/mol. The van der Waals surface area contributed by atoms with E-state index < -0.39 is 5.54 Å². The van der Waals surface area contributed by atoms with Gasteiger partial charge in [-0.05, 0) is 31.0 Å². The first-order valence-electron chi connectivity index (χ1n) is 7.55. The molecule has 1 atom stereocenters. The number of nitrogens with zero attached hydrogens (tertiary/aromatic N) is 3. The van der Waals surface area contributed by atoms with E-state index in [0.29, 0.717) is 23.4 Å². The molecule has 1 saturated carbocycles. The summed E-state index contributed by atoms with van der Waals surface area (Å²) >= 11 is 6.03. The smallest absolute Gasteiger partial charge is 0.174 e. The van der Waals surface area contributed by atoms with Crippen LogP contribution in [-0.2, 0) is 4.79 Å². The third-order valence-electron chi connectivity index (χ3n) is 3.93. The molecule has 1 aliphatic carbocycles. The summed E-state index contributed by atoms with van der Waals surface area (Å²) in [7, 11) is 0. The molecule has 4 rings (SSSR count). The van der Waals surface area contributed by atoms with Crippen molar-refractivity contribution < 1.29 is 4.79 Å². The van der Waals surface area contributed by atoms with Crippen LogP contribution in [0, 0.1) is 0 Å². The number of benzene rings is 1. The van der Waals surface area contributed by atoms with Gasteiger partial charge in [0.25, 0.3) is 0 Å². The molecule has 2 heterocycles. The van der Waals surface area contributed by atoms with Crippen molar-refractivity contribution >= 4 is 35.6 Å². The van der Waals surface area contributed by atoms with Gasteiger partial charge < -0.3 is 15.4 Å². The second-order valence-electron chi connectivity index (χ2n) is 5.99. The lowest BCUT2D eigenvalue weighted by atomic mass is 10.1. The maximum Gasteiger partial charge on any atom is 0.174 e. The van der Waals surface area contributed by atoms with E-state index >= 15 is 0 Å². The number of rotatable bonds is 4. The SMILES string of the molecule is O=CC12C=NN(C1)C(NC1CC1)=CC(Nc1cccc(Cl)c1)=N2. The number of hydrogen-bond acceptors (Lipinski definition) is 6. The Bertz CT molecular complexity index is 740. The van der Waals surface area contributed by atoms with Gasteiger partial charge in [-0.2, -0.15) is 5.10 Å². The van der Waals surface area contributed by atoms with Crippen LogP contribution in [0.4, 0.5) is 5.69 Å². The molecule has 1 aromatic carbocycles.